The average molecular weight is 419 g/mol. The molecular weight excluding hydrogens is 404 g/mol. The van der Waals surface area contributed by atoms with Gasteiger partial charge in [0.2, 0.25) is 0 Å². The fourth-order valence-electron chi connectivity index (χ4n) is 3.20. The van der Waals surface area contributed by atoms with Crippen LogP contribution < -0.4 is 4.90 Å². The van der Waals surface area contributed by atoms with Gasteiger partial charge in [-0.1, -0.05) is 28.1 Å². The topological polar surface area (TPSA) is 101 Å². The highest BCUT2D eigenvalue weighted by Gasteiger charge is 2.51. The zero-order valence-corrected chi connectivity index (χ0v) is 15.4. The third-order valence-electron chi connectivity index (χ3n) is 4.43. The highest BCUT2D eigenvalue weighted by molar-refractivity contribution is 9.10. The van der Waals surface area contributed by atoms with Gasteiger partial charge in [-0.15, -0.1) is 0 Å². The van der Waals surface area contributed by atoms with E-state index in [1.54, 1.807) is 25.1 Å². The Morgan fingerprint density at radius 3 is 2.65 bits per heavy atom. The number of amides is 1. The Hall–Kier alpha value is -2.58. The van der Waals surface area contributed by atoms with Crippen LogP contribution in [0.15, 0.2) is 46.9 Å². The molecule has 1 amide bonds. The second-order valence-corrected chi connectivity index (χ2v) is 6.86. The van der Waals surface area contributed by atoms with Crippen LogP contribution in [0.1, 0.15) is 29.3 Å². The van der Waals surface area contributed by atoms with Crippen LogP contribution >= 0.6 is 15.9 Å². The van der Waals surface area contributed by atoms with Crippen LogP contribution in [0.3, 0.4) is 0 Å². The fraction of sp³-hybridized carbons (Fsp3) is 0.222. The quantitative estimate of drug-likeness (QED) is 0.456. The first-order valence-electron chi connectivity index (χ1n) is 7.90. The van der Waals surface area contributed by atoms with E-state index in [0.29, 0.717) is 22.3 Å². The number of nitro benzene ring substituents is 1. The van der Waals surface area contributed by atoms with Crippen molar-refractivity contribution in [3.63, 3.8) is 0 Å². The third-order valence-corrected chi connectivity index (χ3v) is 4.92. The van der Waals surface area contributed by atoms with Gasteiger partial charge in [0.05, 0.1) is 22.6 Å². The second kappa shape index (κ2) is 6.62. The van der Waals surface area contributed by atoms with E-state index < -0.39 is 28.6 Å². The number of fused-ring (bicyclic) bond motifs is 1. The molecule has 2 aromatic rings. The maximum atomic E-state index is 12.8. The fourth-order valence-corrected chi connectivity index (χ4v) is 3.56. The van der Waals surface area contributed by atoms with Crippen molar-refractivity contribution < 1.29 is 19.6 Å². The lowest BCUT2D eigenvalue weighted by Crippen LogP contribution is -2.41. The first-order valence-corrected chi connectivity index (χ1v) is 8.70. The number of para-hydroxylation sites is 1. The summed E-state index contributed by atoms with van der Waals surface area (Å²) in [5, 5.41) is 22.3. The summed E-state index contributed by atoms with van der Waals surface area (Å²) in [6, 6.07) is 10.5. The number of carbonyl (C=O) groups is 2. The molecular formula is C18H15BrN2O5. The number of benzene rings is 2. The molecule has 1 aliphatic heterocycles. The van der Waals surface area contributed by atoms with Crippen molar-refractivity contribution in [2.75, 3.05) is 11.4 Å². The zero-order valence-electron chi connectivity index (χ0n) is 13.8. The van der Waals surface area contributed by atoms with Gasteiger partial charge in [-0.2, -0.15) is 0 Å². The molecule has 0 spiro atoms. The maximum Gasteiger partial charge on any atom is 0.280 e. The van der Waals surface area contributed by atoms with Gasteiger partial charge in [-0.3, -0.25) is 19.7 Å². The zero-order chi connectivity index (χ0) is 19.1. The first-order chi connectivity index (χ1) is 12.3. The summed E-state index contributed by atoms with van der Waals surface area (Å²) in [6.07, 6.45) is -0.573. The van der Waals surface area contributed by atoms with Gasteiger partial charge in [0, 0.05) is 22.6 Å². The molecule has 0 aliphatic carbocycles. The predicted molar refractivity (Wildman–Crippen MR) is 98.1 cm³/mol. The Balaban J connectivity index is 2.05. The Bertz CT molecular complexity index is 930. The van der Waals surface area contributed by atoms with Gasteiger partial charge in [0.1, 0.15) is 0 Å². The molecule has 26 heavy (non-hydrogen) atoms. The standard InChI is InChI=1S/C18H15BrN2O5/c1-2-20-15-8-7-11(19)9-13(15)18(24,17(20)23)10-16(22)12-5-3-4-6-14(12)21(25)26/h3-9,24H,2,10H2,1H3/t18-/m1/s1. The number of Topliss-reactive ketones (excluding diaryl/α,β-unsaturated/α-hetero) is 1. The minimum absolute atomic E-state index is 0.134. The van der Waals surface area contributed by atoms with Crippen LogP contribution in [0.2, 0.25) is 0 Å². The summed E-state index contributed by atoms with van der Waals surface area (Å²) in [5.41, 5.74) is -1.71. The lowest BCUT2D eigenvalue weighted by atomic mass is 9.88. The molecule has 0 radical (unpaired) electrons. The van der Waals surface area contributed by atoms with Gasteiger partial charge >= 0.3 is 0 Å². The van der Waals surface area contributed by atoms with Crippen LogP contribution in [0.25, 0.3) is 0 Å². The van der Waals surface area contributed by atoms with E-state index in [4.69, 9.17) is 0 Å². The van der Waals surface area contributed by atoms with Crippen molar-refractivity contribution in [2.45, 2.75) is 18.9 Å². The second-order valence-electron chi connectivity index (χ2n) is 5.95. The van der Waals surface area contributed by atoms with Crippen molar-refractivity contribution in [1.82, 2.24) is 0 Å². The third kappa shape index (κ3) is 2.81. The Morgan fingerprint density at radius 1 is 1.31 bits per heavy atom. The largest absolute Gasteiger partial charge is 0.375 e. The Labute approximate surface area is 157 Å². The van der Waals surface area contributed by atoms with Crippen molar-refractivity contribution in [3.8, 4) is 0 Å². The average Bonchev–Trinajstić information content (AvgIpc) is 2.82. The lowest BCUT2D eigenvalue weighted by Gasteiger charge is -2.22. The number of nitro groups is 1. The summed E-state index contributed by atoms with van der Waals surface area (Å²) in [4.78, 5) is 37.4. The summed E-state index contributed by atoms with van der Waals surface area (Å²) in [6.45, 7) is 2.09. The SMILES string of the molecule is CCN1C(=O)[C@@](O)(CC(=O)c2ccccc2[N+](=O)[O-])c2cc(Br)ccc21. The monoisotopic (exact) mass is 418 g/mol. The first kappa shape index (κ1) is 18.2. The molecule has 7 nitrogen and oxygen atoms in total. The summed E-state index contributed by atoms with van der Waals surface area (Å²) in [5.74, 6) is -1.28. The van der Waals surface area contributed by atoms with Gasteiger partial charge in [0.25, 0.3) is 11.6 Å². The Kier molecular flexibility index (Phi) is 4.64. The number of nitrogens with zero attached hydrogens (tertiary/aromatic N) is 2. The number of anilines is 1. The minimum atomic E-state index is -2.06. The van der Waals surface area contributed by atoms with E-state index in [0.717, 1.165) is 0 Å². The van der Waals surface area contributed by atoms with E-state index in [-0.39, 0.29) is 11.3 Å². The maximum absolute atomic E-state index is 12.8. The van der Waals surface area contributed by atoms with Gasteiger partial charge in [-0.05, 0) is 31.2 Å². The molecule has 1 atom stereocenters. The molecule has 0 bridgehead atoms. The smallest absolute Gasteiger partial charge is 0.280 e. The number of carbonyl (C=O) groups excluding carboxylic acids is 2. The normalized spacial score (nSPS) is 18.7. The molecule has 3 rings (SSSR count). The molecule has 0 saturated heterocycles. The van der Waals surface area contributed by atoms with Crippen LogP contribution in [0.4, 0.5) is 11.4 Å². The number of rotatable bonds is 5. The number of hydrogen-bond donors (Lipinski definition) is 1. The molecule has 8 heteroatoms. The van der Waals surface area contributed by atoms with Crippen LogP contribution in [0, 0.1) is 10.1 Å². The summed E-state index contributed by atoms with van der Waals surface area (Å²) in [7, 11) is 0. The highest BCUT2D eigenvalue weighted by atomic mass is 79.9. The lowest BCUT2D eigenvalue weighted by molar-refractivity contribution is -0.385. The van der Waals surface area contributed by atoms with Crippen LogP contribution in [-0.2, 0) is 10.4 Å². The Morgan fingerprint density at radius 2 is 2.00 bits per heavy atom. The van der Waals surface area contributed by atoms with E-state index in [1.165, 1.54) is 29.2 Å². The molecule has 1 heterocycles. The molecule has 1 aliphatic rings. The van der Waals surface area contributed by atoms with Crippen LogP contribution in [0.5, 0.6) is 0 Å². The summed E-state index contributed by atoms with van der Waals surface area (Å²) < 4.78 is 0.651. The number of halogens is 1. The number of hydrogen-bond acceptors (Lipinski definition) is 5. The van der Waals surface area contributed by atoms with Crippen molar-refractivity contribution in [3.05, 3.63) is 68.2 Å². The summed E-state index contributed by atoms with van der Waals surface area (Å²) >= 11 is 3.30. The molecule has 0 aromatic heterocycles. The number of ketones is 1. The molecule has 0 unspecified atom stereocenters. The van der Waals surface area contributed by atoms with Crippen molar-refractivity contribution in [2.24, 2.45) is 0 Å². The molecule has 0 saturated carbocycles. The highest BCUT2D eigenvalue weighted by Crippen LogP contribution is 2.44. The number of aliphatic hydroxyl groups is 1. The van der Waals surface area contributed by atoms with Gasteiger partial charge < -0.3 is 10.0 Å². The van der Waals surface area contributed by atoms with Crippen molar-refractivity contribution >= 4 is 39.0 Å². The predicted octanol–water partition coefficient (Wildman–Crippen LogP) is 3.18. The number of likely N-dealkylation sites (N-methyl/N-ethyl adjacent to an activating group) is 1. The van der Waals surface area contributed by atoms with Crippen LogP contribution in [-0.4, -0.2) is 28.3 Å². The van der Waals surface area contributed by atoms with Gasteiger partial charge in [-0.25, -0.2) is 0 Å². The van der Waals surface area contributed by atoms with E-state index in [9.17, 15) is 24.8 Å². The molecule has 2 aromatic carbocycles. The van der Waals surface area contributed by atoms with Crippen molar-refractivity contribution in [1.29, 1.82) is 0 Å². The van der Waals surface area contributed by atoms with E-state index >= 15 is 0 Å². The minimum Gasteiger partial charge on any atom is -0.375 e. The van der Waals surface area contributed by atoms with E-state index in [1.807, 2.05) is 0 Å². The van der Waals surface area contributed by atoms with Gasteiger partial charge in [0.15, 0.2) is 11.4 Å². The molecule has 134 valence electrons. The molecule has 0 fully saturated rings. The molecule has 1 N–H and O–H groups in total. The van der Waals surface area contributed by atoms with E-state index in [2.05, 4.69) is 15.9 Å².